The predicted molar refractivity (Wildman–Crippen MR) is 62.5 cm³/mol. The maximum atomic E-state index is 11.4. The zero-order chi connectivity index (χ0) is 12.7. The number of nitrogens with one attached hydrogen (secondary N) is 1. The highest BCUT2D eigenvalue weighted by molar-refractivity contribution is 5.77. The molecule has 0 atom stereocenters. The molecule has 0 aliphatic heterocycles. The molecule has 1 rings (SSSR count). The molecule has 0 spiro atoms. The van der Waals surface area contributed by atoms with Crippen LogP contribution in [0.4, 0.5) is 0 Å². The third-order valence-electron chi connectivity index (χ3n) is 2.48. The second kappa shape index (κ2) is 7.03. The van der Waals surface area contributed by atoms with E-state index in [0.717, 1.165) is 11.3 Å². The molecule has 1 aromatic rings. The maximum absolute atomic E-state index is 11.4. The van der Waals surface area contributed by atoms with Crippen molar-refractivity contribution >= 4 is 5.91 Å². The quantitative estimate of drug-likeness (QED) is 0.683. The van der Waals surface area contributed by atoms with E-state index >= 15 is 0 Å². The number of carbonyl (C=O) groups is 1. The smallest absolute Gasteiger partial charge is 0.246 e. The molecule has 0 saturated heterocycles. The summed E-state index contributed by atoms with van der Waals surface area (Å²) in [7, 11) is 3.46. The van der Waals surface area contributed by atoms with Crippen LogP contribution in [0.1, 0.15) is 11.3 Å². The molecule has 0 aliphatic rings. The topological polar surface area (TPSA) is 65.4 Å². The average molecular weight is 241 g/mol. The van der Waals surface area contributed by atoms with E-state index in [1.165, 1.54) is 0 Å². The van der Waals surface area contributed by atoms with Crippen molar-refractivity contribution in [2.24, 2.45) is 7.05 Å². The molecular weight excluding hydrogens is 222 g/mol. The van der Waals surface area contributed by atoms with Gasteiger partial charge in [0.1, 0.15) is 6.61 Å². The lowest BCUT2D eigenvalue weighted by Crippen LogP contribution is -2.27. The molecule has 1 heterocycles. The number of ether oxygens (including phenoxy) is 2. The molecule has 1 amide bonds. The third kappa shape index (κ3) is 4.54. The van der Waals surface area contributed by atoms with E-state index < -0.39 is 0 Å². The van der Waals surface area contributed by atoms with Crippen LogP contribution in [0.25, 0.3) is 0 Å². The van der Waals surface area contributed by atoms with Gasteiger partial charge in [0.05, 0.1) is 19.4 Å². The van der Waals surface area contributed by atoms with Crippen LogP contribution in [0.15, 0.2) is 6.20 Å². The molecule has 1 aromatic heterocycles. The number of hydrogen-bond donors (Lipinski definition) is 1. The molecule has 0 bridgehead atoms. The van der Waals surface area contributed by atoms with Gasteiger partial charge < -0.3 is 14.8 Å². The minimum Gasteiger partial charge on any atom is -0.382 e. The Hall–Kier alpha value is -1.40. The van der Waals surface area contributed by atoms with Crippen molar-refractivity contribution in [3.05, 3.63) is 17.5 Å². The Morgan fingerprint density at radius 1 is 1.53 bits per heavy atom. The molecule has 0 aliphatic carbocycles. The van der Waals surface area contributed by atoms with Gasteiger partial charge in [-0.25, -0.2) is 0 Å². The molecule has 96 valence electrons. The number of nitrogens with zero attached hydrogens (tertiary/aromatic N) is 2. The van der Waals surface area contributed by atoms with Gasteiger partial charge in [-0.1, -0.05) is 0 Å². The fraction of sp³-hybridized carbons (Fsp3) is 0.636. The summed E-state index contributed by atoms with van der Waals surface area (Å²) in [6.45, 7) is 3.42. The molecule has 6 heteroatoms. The summed E-state index contributed by atoms with van der Waals surface area (Å²) in [4.78, 5) is 11.4. The van der Waals surface area contributed by atoms with E-state index in [1.54, 1.807) is 18.0 Å². The SMILES string of the molecule is COCCOCC(=O)NCc1cnn(C)c1C. The zero-order valence-corrected chi connectivity index (χ0v) is 10.5. The van der Waals surface area contributed by atoms with Crippen LogP contribution in [-0.4, -0.2) is 42.6 Å². The van der Waals surface area contributed by atoms with Gasteiger partial charge >= 0.3 is 0 Å². The predicted octanol–water partition coefficient (Wildman–Crippen LogP) is 0.00772. The number of hydrogen-bond acceptors (Lipinski definition) is 4. The molecular formula is C11H19N3O3. The molecule has 1 N–H and O–H groups in total. The Bertz CT molecular complexity index is 363. The Labute approximate surface area is 101 Å². The highest BCUT2D eigenvalue weighted by Gasteiger charge is 2.06. The molecule has 6 nitrogen and oxygen atoms in total. The number of aromatic nitrogens is 2. The van der Waals surface area contributed by atoms with Gasteiger partial charge in [0.15, 0.2) is 0 Å². The van der Waals surface area contributed by atoms with Gasteiger partial charge in [-0.05, 0) is 6.92 Å². The first-order chi connectivity index (χ1) is 8.15. The van der Waals surface area contributed by atoms with Crippen molar-refractivity contribution in [2.75, 3.05) is 26.9 Å². The Morgan fingerprint density at radius 3 is 2.88 bits per heavy atom. The molecule has 0 fully saturated rings. The molecule has 0 aromatic carbocycles. The number of methoxy groups -OCH3 is 1. The first kappa shape index (κ1) is 13.7. The summed E-state index contributed by atoms with van der Waals surface area (Å²) < 4.78 is 11.7. The largest absolute Gasteiger partial charge is 0.382 e. The van der Waals surface area contributed by atoms with E-state index in [0.29, 0.717) is 19.8 Å². The van der Waals surface area contributed by atoms with Gasteiger partial charge in [0, 0.05) is 32.0 Å². The summed E-state index contributed by atoms with van der Waals surface area (Å²) in [5.41, 5.74) is 2.06. The Morgan fingerprint density at radius 2 is 2.29 bits per heavy atom. The number of amides is 1. The zero-order valence-electron chi connectivity index (χ0n) is 10.5. The van der Waals surface area contributed by atoms with E-state index in [1.807, 2.05) is 14.0 Å². The average Bonchev–Trinajstić information content (AvgIpc) is 2.63. The number of carbonyl (C=O) groups excluding carboxylic acids is 1. The summed E-state index contributed by atoms with van der Waals surface area (Å²) in [5.74, 6) is -0.135. The summed E-state index contributed by atoms with van der Waals surface area (Å²) in [6, 6.07) is 0. The normalized spacial score (nSPS) is 10.5. The highest BCUT2D eigenvalue weighted by atomic mass is 16.5. The lowest BCUT2D eigenvalue weighted by molar-refractivity contribution is -0.126. The second-order valence-corrected chi connectivity index (χ2v) is 3.70. The first-order valence-electron chi connectivity index (χ1n) is 5.46. The van der Waals surface area contributed by atoms with Crippen molar-refractivity contribution in [3.63, 3.8) is 0 Å². The molecule has 17 heavy (non-hydrogen) atoms. The van der Waals surface area contributed by atoms with Crippen molar-refractivity contribution in [3.8, 4) is 0 Å². The highest BCUT2D eigenvalue weighted by Crippen LogP contribution is 2.04. The summed E-state index contributed by atoms with van der Waals surface area (Å²) in [6.07, 6.45) is 1.75. The van der Waals surface area contributed by atoms with E-state index in [9.17, 15) is 4.79 Å². The lowest BCUT2D eigenvalue weighted by Gasteiger charge is -2.05. The minimum atomic E-state index is -0.135. The second-order valence-electron chi connectivity index (χ2n) is 3.70. The molecule has 0 radical (unpaired) electrons. The standard InChI is InChI=1S/C11H19N3O3/c1-9-10(7-13-14(9)2)6-12-11(15)8-17-5-4-16-3/h7H,4-6,8H2,1-3H3,(H,12,15). The van der Waals surface area contributed by atoms with Gasteiger partial charge in [-0.3, -0.25) is 9.48 Å². The third-order valence-corrected chi connectivity index (χ3v) is 2.48. The summed E-state index contributed by atoms with van der Waals surface area (Å²) in [5, 5.41) is 6.87. The van der Waals surface area contributed by atoms with Crippen molar-refractivity contribution in [1.82, 2.24) is 15.1 Å². The van der Waals surface area contributed by atoms with Crippen LogP contribution in [0, 0.1) is 6.92 Å². The maximum Gasteiger partial charge on any atom is 0.246 e. The fourth-order valence-corrected chi connectivity index (χ4v) is 1.27. The molecule has 0 unspecified atom stereocenters. The Kier molecular flexibility index (Phi) is 5.65. The van der Waals surface area contributed by atoms with E-state index in [4.69, 9.17) is 9.47 Å². The Balaban J connectivity index is 2.22. The van der Waals surface area contributed by atoms with Gasteiger partial charge in [0.2, 0.25) is 5.91 Å². The van der Waals surface area contributed by atoms with Gasteiger partial charge in [-0.15, -0.1) is 0 Å². The summed E-state index contributed by atoms with van der Waals surface area (Å²) >= 11 is 0. The lowest BCUT2D eigenvalue weighted by atomic mass is 10.2. The number of aryl methyl sites for hydroxylation is 1. The van der Waals surface area contributed by atoms with Crippen LogP contribution in [0.2, 0.25) is 0 Å². The monoisotopic (exact) mass is 241 g/mol. The van der Waals surface area contributed by atoms with Gasteiger partial charge in [-0.2, -0.15) is 5.10 Å². The van der Waals surface area contributed by atoms with Crippen molar-refractivity contribution < 1.29 is 14.3 Å². The fourth-order valence-electron chi connectivity index (χ4n) is 1.27. The van der Waals surface area contributed by atoms with E-state index in [-0.39, 0.29) is 12.5 Å². The van der Waals surface area contributed by atoms with Crippen molar-refractivity contribution in [2.45, 2.75) is 13.5 Å². The van der Waals surface area contributed by atoms with Crippen LogP contribution in [0.5, 0.6) is 0 Å². The number of rotatable bonds is 7. The van der Waals surface area contributed by atoms with Crippen LogP contribution < -0.4 is 5.32 Å². The minimum absolute atomic E-state index is 0.0582. The van der Waals surface area contributed by atoms with Gasteiger partial charge in [0.25, 0.3) is 0 Å². The molecule has 0 saturated carbocycles. The first-order valence-corrected chi connectivity index (χ1v) is 5.46. The van der Waals surface area contributed by atoms with Crippen LogP contribution in [0.3, 0.4) is 0 Å². The van der Waals surface area contributed by atoms with Crippen LogP contribution >= 0.6 is 0 Å². The van der Waals surface area contributed by atoms with Crippen LogP contribution in [-0.2, 0) is 27.9 Å². The van der Waals surface area contributed by atoms with E-state index in [2.05, 4.69) is 10.4 Å². The van der Waals surface area contributed by atoms with Crippen molar-refractivity contribution in [1.29, 1.82) is 0 Å².